The quantitative estimate of drug-likeness (QED) is 0.665. The molecule has 0 bridgehead atoms. The third-order valence-corrected chi connectivity index (χ3v) is 1.99. The van der Waals surface area contributed by atoms with Crippen molar-refractivity contribution in [3.8, 4) is 0 Å². The lowest BCUT2D eigenvalue weighted by molar-refractivity contribution is 0.100. The molecular formula is C10H16N2O. The molecular weight excluding hydrogens is 164 g/mol. The normalized spacial score (nSPS) is 10.4. The molecule has 0 aliphatic heterocycles. The lowest BCUT2D eigenvalue weighted by Gasteiger charge is -2.01. The number of nitrogens with zero attached hydrogens (tertiary/aromatic N) is 2. The second-order valence-corrected chi connectivity index (χ2v) is 3.15. The number of carbonyl (C=O) groups is 1. The molecule has 13 heavy (non-hydrogen) atoms. The fourth-order valence-corrected chi connectivity index (χ4v) is 1.31. The average Bonchev–Trinajstić information content (AvgIpc) is 2.48. The van der Waals surface area contributed by atoms with Gasteiger partial charge in [-0.3, -0.25) is 9.48 Å². The maximum atomic E-state index is 11.2. The Balaban J connectivity index is 3.00. The van der Waals surface area contributed by atoms with Gasteiger partial charge in [-0.25, -0.2) is 0 Å². The summed E-state index contributed by atoms with van der Waals surface area (Å²) in [7, 11) is 0. The third-order valence-electron chi connectivity index (χ3n) is 1.99. The summed E-state index contributed by atoms with van der Waals surface area (Å²) >= 11 is 0. The van der Waals surface area contributed by atoms with Crippen LogP contribution in [0.4, 0.5) is 0 Å². The third kappa shape index (κ3) is 2.17. The van der Waals surface area contributed by atoms with Crippen molar-refractivity contribution in [3.05, 3.63) is 17.5 Å². The van der Waals surface area contributed by atoms with Gasteiger partial charge in [-0.2, -0.15) is 5.10 Å². The van der Waals surface area contributed by atoms with Crippen LogP contribution in [0.25, 0.3) is 0 Å². The van der Waals surface area contributed by atoms with Gasteiger partial charge in [-0.05, 0) is 18.9 Å². The van der Waals surface area contributed by atoms with Crippen molar-refractivity contribution < 1.29 is 4.79 Å². The van der Waals surface area contributed by atoms with Gasteiger partial charge in [-0.1, -0.05) is 13.8 Å². The Morgan fingerprint density at radius 3 is 2.69 bits per heavy atom. The summed E-state index contributed by atoms with van der Waals surface area (Å²) in [5.74, 6) is 0.0978. The van der Waals surface area contributed by atoms with E-state index in [9.17, 15) is 4.79 Å². The zero-order chi connectivity index (χ0) is 9.84. The summed E-state index contributed by atoms with van der Waals surface area (Å²) < 4.78 is 1.81. The van der Waals surface area contributed by atoms with Crippen molar-refractivity contribution in [2.45, 2.75) is 40.2 Å². The fourth-order valence-electron chi connectivity index (χ4n) is 1.31. The highest BCUT2D eigenvalue weighted by molar-refractivity contribution is 5.92. The molecule has 0 N–H and O–H groups in total. The van der Waals surface area contributed by atoms with Crippen molar-refractivity contribution >= 4 is 5.78 Å². The number of Topliss-reactive ketones (excluding diaryl/α,β-unsaturated/α-hetero) is 1. The minimum atomic E-state index is 0.0978. The first-order valence-corrected chi connectivity index (χ1v) is 4.76. The predicted molar refractivity (Wildman–Crippen MR) is 51.9 cm³/mol. The maximum Gasteiger partial charge on any atom is 0.177 e. The van der Waals surface area contributed by atoms with Crippen molar-refractivity contribution in [2.75, 3.05) is 0 Å². The summed E-state index contributed by atoms with van der Waals surface area (Å²) in [6.45, 7) is 6.54. The molecule has 0 amide bonds. The zero-order valence-corrected chi connectivity index (χ0v) is 8.50. The summed E-state index contributed by atoms with van der Waals surface area (Å²) in [6, 6.07) is 1.89. The van der Waals surface area contributed by atoms with E-state index < -0.39 is 0 Å². The van der Waals surface area contributed by atoms with Gasteiger partial charge in [0.25, 0.3) is 0 Å². The monoisotopic (exact) mass is 180 g/mol. The summed E-state index contributed by atoms with van der Waals surface area (Å²) in [6.07, 6.45) is 1.89. The SMILES string of the molecule is CCCn1nc(CC)cc1C(C)=O. The molecule has 1 rings (SSSR count). The van der Waals surface area contributed by atoms with E-state index in [1.54, 1.807) is 11.6 Å². The molecule has 1 aromatic heterocycles. The molecule has 72 valence electrons. The number of hydrogen-bond acceptors (Lipinski definition) is 2. The van der Waals surface area contributed by atoms with E-state index in [0.717, 1.165) is 30.8 Å². The number of carbonyl (C=O) groups excluding carboxylic acids is 1. The van der Waals surface area contributed by atoms with Crippen LogP contribution >= 0.6 is 0 Å². The highest BCUT2D eigenvalue weighted by Crippen LogP contribution is 2.06. The molecule has 0 fully saturated rings. The number of hydrogen-bond donors (Lipinski definition) is 0. The second kappa shape index (κ2) is 4.21. The molecule has 0 atom stereocenters. The molecule has 3 heteroatoms. The van der Waals surface area contributed by atoms with Gasteiger partial charge in [0.2, 0.25) is 0 Å². The first-order chi connectivity index (χ1) is 6.19. The van der Waals surface area contributed by atoms with Crippen LogP contribution in [-0.2, 0) is 13.0 Å². The summed E-state index contributed by atoms with van der Waals surface area (Å²) in [4.78, 5) is 11.2. The first-order valence-electron chi connectivity index (χ1n) is 4.76. The number of ketones is 1. The molecule has 0 radical (unpaired) electrons. The Kier molecular flexibility index (Phi) is 3.23. The minimum absolute atomic E-state index is 0.0978. The number of aryl methyl sites for hydroxylation is 2. The van der Waals surface area contributed by atoms with E-state index in [1.807, 2.05) is 13.0 Å². The lowest BCUT2D eigenvalue weighted by Crippen LogP contribution is -2.07. The molecule has 0 unspecified atom stereocenters. The molecule has 1 aromatic rings. The number of aromatic nitrogens is 2. The summed E-state index contributed by atoms with van der Waals surface area (Å²) in [5, 5.41) is 4.34. The number of rotatable bonds is 4. The Morgan fingerprint density at radius 2 is 2.23 bits per heavy atom. The Bertz CT molecular complexity index is 302. The standard InChI is InChI=1S/C10H16N2O/c1-4-6-12-10(8(3)13)7-9(5-2)11-12/h7H,4-6H2,1-3H3. The Hall–Kier alpha value is -1.12. The van der Waals surface area contributed by atoms with Crippen molar-refractivity contribution in [3.63, 3.8) is 0 Å². The topological polar surface area (TPSA) is 34.9 Å². The second-order valence-electron chi connectivity index (χ2n) is 3.15. The summed E-state index contributed by atoms with van der Waals surface area (Å²) in [5.41, 5.74) is 1.73. The predicted octanol–water partition coefficient (Wildman–Crippen LogP) is 2.06. The fraction of sp³-hybridized carbons (Fsp3) is 0.600. The molecule has 0 aliphatic rings. The van der Waals surface area contributed by atoms with E-state index in [1.165, 1.54) is 0 Å². The zero-order valence-electron chi connectivity index (χ0n) is 8.50. The van der Waals surface area contributed by atoms with Crippen LogP contribution in [0, 0.1) is 0 Å². The largest absolute Gasteiger partial charge is 0.293 e. The highest BCUT2D eigenvalue weighted by atomic mass is 16.1. The van der Waals surface area contributed by atoms with E-state index in [-0.39, 0.29) is 5.78 Å². The van der Waals surface area contributed by atoms with E-state index in [0.29, 0.717) is 0 Å². The molecule has 0 spiro atoms. The van der Waals surface area contributed by atoms with Crippen LogP contribution in [-0.4, -0.2) is 15.6 Å². The van der Waals surface area contributed by atoms with Gasteiger partial charge in [0.1, 0.15) is 5.69 Å². The van der Waals surface area contributed by atoms with Crippen molar-refractivity contribution in [1.29, 1.82) is 0 Å². The van der Waals surface area contributed by atoms with Crippen LogP contribution in [0.1, 0.15) is 43.4 Å². The van der Waals surface area contributed by atoms with Gasteiger partial charge in [-0.15, -0.1) is 0 Å². The van der Waals surface area contributed by atoms with E-state index in [4.69, 9.17) is 0 Å². The molecule has 0 saturated heterocycles. The van der Waals surface area contributed by atoms with Crippen molar-refractivity contribution in [2.24, 2.45) is 0 Å². The van der Waals surface area contributed by atoms with Gasteiger partial charge in [0, 0.05) is 13.5 Å². The van der Waals surface area contributed by atoms with E-state index in [2.05, 4.69) is 12.0 Å². The minimum Gasteiger partial charge on any atom is -0.293 e. The van der Waals surface area contributed by atoms with Gasteiger partial charge >= 0.3 is 0 Å². The maximum absolute atomic E-state index is 11.2. The van der Waals surface area contributed by atoms with Gasteiger partial charge < -0.3 is 0 Å². The molecule has 0 saturated carbocycles. The van der Waals surface area contributed by atoms with Gasteiger partial charge in [0.05, 0.1) is 5.69 Å². The molecule has 3 nitrogen and oxygen atoms in total. The Morgan fingerprint density at radius 1 is 1.54 bits per heavy atom. The Labute approximate surface area is 78.8 Å². The lowest BCUT2D eigenvalue weighted by atomic mass is 10.2. The smallest absolute Gasteiger partial charge is 0.177 e. The molecule has 0 aromatic carbocycles. The van der Waals surface area contributed by atoms with Crippen molar-refractivity contribution in [1.82, 2.24) is 9.78 Å². The van der Waals surface area contributed by atoms with E-state index >= 15 is 0 Å². The average molecular weight is 180 g/mol. The van der Waals surface area contributed by atoms with Crippen LogP contribution in [0.2, 0.25) is 0 Å². The van der Waals surface area contributed by atoms with Crippen LogP contribution in [0.15, 0.2) is 6.07 Å². The van der Waals surface area contributed by atoms with Gasteiger partial charge in [0.15, 0.2) is 5.78 Å². The first kappa shape index (κ1) is 9.96. The van der Waals surface area contributed by atoms with Crippen LogP contribution in [0.3, 0.4) is 0 Å². The molecule has 1 heterocycles. The van der Waals surface area contributed by atoms with Crippen LogP contribution in [0.5, 0.6) is 0 Å². The highest BCUT2D eigenvalue weighted by Gasteiger charge is 2.09. The molecule has 0 aliphatic carbocycles. The van der Waals surface area contributed by atoms with Crippen LogP contribution < -0.4 is 0 Å².